The molecule has 1 aliphatic heterocycles. The van der Waals surface area contributed by atoms with Crippen molar-refractivity contribution in [3.8, 4) is 16.3 Å². The lowest BCUT2D eigenvalue weighted by molar-refractivity contribution is -0.141. The molecule has 174 valence electrons. The van der Waals surface area contributed by atoms with Crippen molar-refractivity contribution in [3.05, 3.63) is 59.6 Å². The number of sulfone groups is 1. The van der Waals surface area contributed by atoms with Crippen molar-refractivity contribution < 1.29 is 22.7 Å². The highest BCUT2D eigenvalue weighted by molar-refractivity contribution is 7.91. The van der Waals surface area contributed by atoms with Gasteiger partial charge in [-0.05, 0) is 43.8 Å². The molecule has 0 unspecified atom stereocenters. The number of ether oxygens (including phenoxy) is 1. The summed E-state index contributed by atoms with van der Waals surface area (Å²) in [5.74, 6) is -1.05. The van der Waals surface area contributed by atoms with Gasteiger partial charge < -0.3 is 9.64 Å². The first-order valence-electron chi connectivity index (χ1n) is 10.7. The van der Waals surface area contributed by atoms with E-state index < -0.39 is 33.9 Å². The van der Waals surface area contributed by atoms with Gasteiger partial charge in [-0.2, -0.15) is 5.10 Å². The second-order valence-electron chi connectivity index (χ2n) is 7.88. The molecule has 0 bridgehead atoms. The predicted molar refractivity (Wildman–Crippen MR) is 126 cm³/mol. The molecule has 1 saturated heterocycles. The Balaban J connectivity index is 1.56. The number of thiophene rings is 1. The van der Waals surface area contributed by atoms with Crippen molar-refractivity contribution in [2.24, 2.45) is 0 Å². The van der Waals surface area contributed by atoms with Gasteiger partial charge in [0.1, 0.15) is 11.3 Å². The summed E-state index contributed by atoms with van der Waals surface area (Å²) in [5, 5.41) is 6.49. The Hall–Kier alpha value is -2.98. The molecule has 3 heterocycles. The molecule has 1 aromatic carbocycles. The Morgan fingerprint density at radius 3 is 2.61 bits per heavy atom. The highest BCUT2D eigenvalue weighted by Crippen LogP contribution is 2.29. The minimum atomic E-state index is -3.14. The lowest BCUT2D eigenvalue weighted by Gasteiger charge is -2.29. The summed E-state index contributed by atoms with van der Waals surface area (Å²) in [7, 11) is -3.14. The van der Waals surface area contributed by atoms with Crippen LogP contribution in [0.4, 0.5) is 0 Å². The highest BCUT2D eigenvalue weighted by Gasteiger charge is 2.36. The maximum Gasteiger partial charge on any atom is 0.342 e. The van der Waals surface area contributed by atoms with Gasteiger partial charge >= 0.3 is 5.97 Å². The number of para-hydroxylation sites is 1. The molecule has 0 spiro atoms. The first-order chi connectivity index (χ1) is 15.8. The molecular weight excluding hydrogens is 462 g/mol. The number of carbonyl (C=O) groups excluding carboxylic acids is 2. The normalized spacial score (nSPS) is 18.1. The van der Waals surface area contributed by atoms with E-state index in [0.717, 1.165) is 10.6 Å². The number of amides is 1. The first kappa shape index (κ1) is 23.2. The van der Waals surface area contributed by atoms with Crippen LogP contribution in [0.15, 0.2) is 54.0 Å². The van der Waals surface area contributed by atoms with Gasteiger partial charge in [0, 0.05) is 18.8 Å². The molecular formula is C23H25N3O5S2. The Bertz CT molecular complexity index is 1240. The van der Waals surface area contributed by atoms with Gasteiger partial charge in [0.05, 0.1) is 22.1 Å². The topological polar surface area (TPSA) is 98.6 Å². The monoisotopic (exact) mass is 487 g/mol. The van der Waals surface area contributed by atoms with Crippen LogP contribution in [0.5, 0.6) is 0 Å². The van der Waals surface area contributed by atoms with Crippen molar-refractivity contribution in [2.45, 2.75) is 32.4 Å². The van der Waals surface area contributed by atoms with E-state index in [1.54, 1.807) is 17.8 Å². The third-order valence-corrected chi connectivity index (χ3v) is 8.24. The number of carbonyl (C=O) groups is 2. The number of nitrogens with zero attached hydrogens (tertiary/aromatic N) is 3. The zero-order valence-electron chi connectivity index (χ0n) is 18.4. The largest absolute Gasteiger partial charge is 0.449 e. The number of benzene rings is 1. The fourth-order valence-corrected chi connectivity index (χ4v) is 6.41. The van der Waals surface area contributed by atoms with Crippen LogP contribution in [0.2, 0.25) is 0 Å². The van der Waals surface area contributed by atoms with Crippen LogP contribution in [0.3, 0.4) is 0 Å². The Kier molecular flexibility index (Phi) is 6.66. The zero-order valence-corrected chi connectivity index (χ0v) is 20.0. The maximum absolute atomic E-state index is 13.1. The molecule has 1 fully saturated rings. The third-order valence-electron chi connectivity index (χ3n) is 5.61. The minimum absolute atomic E-state index is 0.0559. The molecule has 0 saturated carbocycles. The Labute approximate surface area is 196 Å². The van der Waals surface area contributed by atoms with Crippen LogP contribution < -0.4 is 0 Å². The average Bonchev–Trinajstić information content (AvgIpc) is 3.54. The van der Waals surface area contributed by atoms with E-state index in [2.05, 4.69) is 5.10 Å². The number of rotatable bonds is 7. The minimum Gasteiger partial charge on any atom is -0.449 e. The van der Waals surface area contributed by atoms with Crippen LogP contribution in [0, 0.1) is 0 Å². The molecule has 2 aromatic heterocycles. The van der Waals surface area contributed by atoms with E-state index in [9.17, 15) is 18.0 Å². The second kappa shape index (κ2) is 9.48. The van der Waals surface area contributed by atoms with Crippen LogP contribution >= 0.6 is 11.3 Å². The molecule has 10 heteroatoms. The highest BCUT2D eigenvalue weighted by atomic mass is 32.2. The van der Waals surface area contributed by atoms with E-state index >= 15 is 0 Å². The molecule has 0 N–H and O–H groups in total. The molecule has 4 rings (SSSR count). The van der Waals surface area contributed by atoms with Crippen molar-refractivity contribution >= 4 is 33.1 Å². The third kappa shape index (κ3) is 5.01. The SMILES string of the molecule is CCN(C(=O)[C@@H](C)OC(=O)c1cn(-c2ccccc2)nc1-c1cccs1)[C@H]1CCS(=O)(=O)C1. The summed E-state index contributed by atoms with van der Waals surface area (Å²) < 4.78 is 30.9. The van der Waals surface area contributed by atoms with Crippen molar-refractivity contribution in [1.29, 1.82) is 0 Å². The molecule has 0 radical (unpaired) electrons. The molecule has 2 atom stereocenters. The zero-order chi connectivity index (χ0) is 23.6. The van der Waals surface area contributed by atoms with E-state index in [1.165, 1.54) is 23.2 Å². The van der Waals surface area contributed by atoms with Gasteiger partial charge in [0.25, 0.3) is 5.91 Å². The summed E-state index contributed by atoms with van der Waals surface area (Å²) in [6.07, 6.45) is 0.942. The number of likely N-dealkylation sites (N-methyl/N-ethyl adjacent to an activating group) is 1. The van der Waals surface area contributed by atoms with Gasteiger partial charge in [0.15, 0.2) is 15.9 Å². The van der Waals surface area contributed by atoms with Crippen LogP contribution in [-0.2, 0) is 19.4 Å². The summed E-state index contributed by atoms with van der Waals surface area (Å²) in [5.41, 5.74) is 1.53. The number of hydrogen-bond donors (Lipinski definition) is 0. The fourth-order valence-electron chi connectivity index (χ4n) is 3.95. The molecule has 1 aliphatic rings. The number of aromatic nitrogens is 2. The number of esters is 1. The maximum atomic E-state index is 13.1. The lowest BCUT2D eigenvalue weighted by Crippen LogP contribution is -2.46. The lowest BCUT2D eigenvalue weighted by atomic mass is 10.2. The number of hydrogen-bond acceptors (Lipinski definition) is 7. The van der Waals surface area contributed by atoms with Gasteiger partial charge in [-0.15, -0.1) is 11.3 Å². The van der Waals surface area contributed by atoms with Gasteiger partial charge in [-0.25, -0.2) is 17.9 Å². The van der Waals surface area contributed by atoms with Crippen LogP contribution in [-0.4, -0.2) is 65.2 Å². The molecule has 1 amide bonds. The van der Waals surface area contributed by atoms with E-state index in [4.69, 9.17) is 4.74 Å². The molecule has 33 heavy (non-hydrogen) atoms. The van der Waals surface area contributed by atoms with Crippen molar-refractivity contribution in [2.75, 3.05) is 18.1 Å². The van der Waals surface area contributed by atoms with Crippen molar-refractivity contribution in [1.82, 2.24) is 14.7 Å². The summed E-state index contributed by atoms with van der Waals surface area (Å²) in [6, 6.07) is 12.8. The molecule has 0 aliphatic carbocycles. The average molecular weight is 488 g/mol. The summed E-state index contributed by atoms with van der Waals surface area (Å²) in [6.45, 7) is 3.64. The molecule has 3 aromatic rings. The van der Waals surface area contributed by atoms with E-state index in [0.29, 0.717) is 18.7 Å². The van der Waals surface area contributed by atoms with Crippen molar-refractivity contribution in [3.63, 3.8) is 0 Å². The smallest absolute Gasteiger partial charge is 0.342 e. The van der Waals surface area contributed by atoms with E-state index in [-0.39, 0.29) is 17.1 Å². The molecule has 8 nitrogen and oxygen atoms in total. The summed E-state index contributed by atoms with van der Waals surface area (Å²) in [4.78, 5) is 28.4. The van der Waals surface area contributed by atoms with Gasteiger partial charge in [-0.3, -0.25) is 4.79 Å². The Morgan fingerprint density at radius 1 is 1.24 bits per heavy atom. The van der Waals surface area contributed by atoms with Crippen LogP contribution in [0.25, 0.3) is 16.3 Å². The van der Waals surface area contributed by atoms with E-state index in [1.807, 2.05) is 47.8 Å². The quantitative estimate of drug-likeness (QED) is 0.475. The fraction of sp³-hybridized carbons (Fsp3) is 0.348. The summed E-state index contributed by atoms with van der Waals surface area (Å²) >= 11 is 1.45. The standard InChI is InChI=1S/C23H25N3O5S2/c1-3-25(18-11-13-33(29,30)15-18)22(27)16(2)31-23(28)19-14-26(17-8-5-4-6-9-17)24-21(19)20-10-7-12-32-20/h4-10,12,14,16,18H,3,11,13,15H2,1-2H3/t16-,18+/m1/s1. The van der Waals surface area contributed by atoms with Gasteiger partial charge in [-0.1, -0.05) is 24.3 Å². The Morgan fingerprint density at radius 2 is 2.00 bits per heavy atom. The van der Waals surface area contributed by atoms with Crippen LogP contribution in [0.1, 0.15) is 30.6 Å². The van der Waals surface area contributed by atoms with Gasteiger partial charge in [0.2, 0.25) is 0 Å². The second-order valence-corrected chi connectivity index (χ2v) is 11.1. The predicted octanol–water partition coefficient (Wildman–Crippen LogP) is 3.18. The first-order valence-corrected chi connectivity index (χ1v) is 13.4.